The van der Waals surface area contributed by atoms with E-state index in [2.05, 4.69) is 15.6 Å². The number of benzene rings is 1. The van der Waals surface area contributed by atoms with Crippen LogP contribution in [0.5, 0.6) is 0 Å². The first-order valence-corrected chi connectivity index (χ1v) is 7.96. The van der Waals surface area contributed by atoms with Crippen molar-refractivity contribution in [3.63, 3.8) is 0 Å². The molecule has 0 saturated carbocycles. The molecule has 2 amide bonds. The number of H-pyrrole nitrogens is 1. The van der Waals surface area contributed by atoms with E-state index in [4.69, 9.17) is 4.74 Å². The number of aromatic amines is 1. The van der Waals surface area contributed by atoms with Crippen LogP contribution in [0.4, 0.5) is 0 Å². The first-order chi connectivity index (χ1) is 11.2. The second-order valence-electron chi connectivity index (χ2n) is 5.71. The number of para-hydroxylation sites is 1. The van der Waals surface area contributed by atoms with Crippen LogP contribution in [-0.4, -0.2) is 42.6 Å². The molecule has 3 rings (SSSR count). The number of amides is 2. The van der Waals surface area contributed by atoms with Gasteiger partial charge in [0.15, 0.2) is 0 Å². The molecule has 0 aliphatic carbocycles. The first kappa shape index (κ1) is 15.6. The Hall–Kier alpha value is -2.34. The van der Waals surface area contributed by atoms with Crippen molar-refractivity contribution in [2.75, 3.05) is 19.7 Å². The van der Waals surface area contributed by atoms with Gasteiger partial charge in [-0.05, 0) is 30.9 Å². The summed E-state index contributed by atoms with van der Waals surface area (Å²) in [4.78, 5) is 26.7. The fraction of sp³-hybridized carbons (Fsp3) is 0.412. The van der Waals surface area contributed by atoms with Crippen LogP contribution in [0.15, 0.2) is 30.5 Å². The fourth-order valence-corrected chi connectivity index (χ4v) is 2.82. The summed E-state index contributed by atoms with van der Waals surface area (Å²) in [5, 5.41) is 6.41. The van der Waals surface area contributed by atoms with Crippen molar-refractivity contribution >= 4 is 22.7 Å². The molecule has 122 valence electrons. The van der Waals surface area contributed by atoms with E-state index in [1.807, 2.05) is 30.5 Å². The van der Waals surface area contributed by atoms with Crippen molar-refractivity contribution in [3.05, 3.63) is 36.0 Å². The van der Waals surface area contributed by atoms with Gasteiger partial charge in [0.2, 0.25) is 0 Å². The fourth-order valence-electron chi connectivity index (χ4n) is 2.82. The normalized spacial score (nSPS) is 17.3. The maximum atomic E-state index is 11.8. The lowest BCUT2D eigenvalue weighted by molar-refractivity contribution is -0.139. The van der Waals surface area contributed by atoms with Crippen LogP contribution in [0, 0.1) is 0 Å². The Balaban J connectivity index is 1.42. The maximum absolute atomic E-state index is 11.8. The number of hydrogen-bond acceptors (Lipinski definition) is 3. The third kappa shape index (κ3) is 3.90. The molecule has 0 unspecified atom stereocenters. The number of ether oxygens (including phenoxy) is 1. The second-order valence-corrected chi connectivity index (χ2v) is 5.71. The van der Waals surface area contributed by atoms with E-state index in [9.17, 15) is 9.59 Å². The van der Waals surface area contributed by atoms with Crippen LogP contribution in [0.3, 0.4) is 0 Å². The van der Waals surface area contributed by atoms with Gasteiger partial charge in [-0.25, -0.2) is 0 Å². The monoisotopic (exact) mass is 315 g/mol. The van der Waals surface area contributed by atoms with Crippen LogP contribution in [-0.2, 0) is 20.7 Å². The highest BCUT2D eigenvalue weighted by Gasteiger charge is 2.19. The maximum Gasteiger partial charge on any atom is 0.309 e. The lowest BCUT2D eigenvalue weighted by Crippen LogP contribution is -2.43. The van der Waals surface area contributed by atoms with E-state index in [0.29, 0.717) is 19.5 Å². The average molecular weight is 315 g/mol. The Morgan fingerprint density at radius 3 is 2.87 bits per heavy atom. The summed E-state index contributed by atoms with van der Waals surface area (Å²) in [6, 6.07) is 8.01. The minimum atomic E-state index is -0.598. The van der Waals surface area contributed by atoms with Gasteiger partial charge in [-0.1, -0.05) is 18.2 Å². The quantitative estimate of drug-likeness (QED) is 0.723. The van der Waals surface area contributed by atoms with E-state index in [1.165, 1.54) is 0 Å². The lowest BCUT2D eigenvalue weighted by Gasteiger charge is -2.10. The van der Waals surface area contributed by atoms with Gasteiger partial charge >= 0.3 is 11.8 Å². The Morgan fingerprint density at radius 2 is 2.04 bits per heavy atom. The van der Waals surface area contributed by atoms with Gasteiger partial charge in [-0.15, -0.1) is 0 Å². The van der Waals surface area contributed by atoms with Crippen LogP contribution in [0.25, 0.3) is 10.9 Å². The van der Waals surface area contributed by atoms with Crippen molar-refractivity contribution in [2.45, 2.75) is 25.4 Å². The lowest BCUT2D eigenvalue weighted by atomic mass is 10.1. The zero-order valence-corrected chi connectivity index (χ0v) is 12.9. The molecular weight excluding hydrogens is 294 g/mol. The summed E-state index contributed by atoms with van der Waals surface area (Å²) in [5.74, 6) is -1.19. The summed E-state index contributed by atoms with van der Waals surface area (Å²) >= 11 is 0. The topological polar surface area (TPSA) is 83.2 Å². The number of aromatic nitrogens is 1. The first-order valence-electron chi connectivity index (χ1n) is 7.96. The predicted molar refractivity (Wildman–Crippen MR) is 87.0 cm³/mol. The van der Waals surface area contributed by atoms with Crippen molar-refractivity contribution in [1.29, 1.82) is 0 Å². The summed E-state index contributed by atoms with van der Waals surface area (Å²) in [6.07, 6.45) is 4.60. The second kappa shape index (κ2) is 7.28. The summed E-state index contributed by atoms with van der Waals surface area (Å²) in [6.45, 7) is 1.56. The largest absolute Gasteiger partial charge is 0.376 e. The molecule has 6 nitrogen and oxygen atoms in total. The molecule has 0 radical (unpaired) electrons. The molecule has 2 aromatic rings. The van der Waals surface area contributed by atoms with Gasteiger partial charge in [0.05, 0.1) is 6.10 Å². The van der Waals surface area contributed by atoms with Crippen molar-refractivity contribution < 1.29 is 14.3 Å². The number of hydrogen-bond donors (Lipinski definition) is 3. The molecule has 1 fully saturated rings. The molecule has 1 aromatic heterocycles. The van der Waals surface area contributed by atoms with Crippen molar-refractivity contribution in [1.82, 2.24) is 15.6 Å². The predicted octanol–water partition coefficient (Wildman–Crippen LogP) is 1.12. The molecule has 1 saturated heterocycles. The molecule has 2 heterocycles. The van der Waals surface area contributed by atoms with Gasteiger partial charge in [0.25, 0.3) is 0 Å². The Bertz CT molecular complexity index is 689. The minimum absolute atomic E-state index is 0.0398. The summed E-state index contributed by atoms with van der Waals surface area (Å²) in [7, 11) is 0. The number of nitrogens with one attached hydrogen (secondary N) is 3. The molecule has 0 bridgehead atoms. The molecule has 3 N–H and O–H groups in total. The molecule has 6 heteroatoms. The summed E-state index contributed by atoms with van der Waals surface area (Å²) < 4.78 is 5.40. The third-order valence-electron chi connectivity index (χ3n) is 4.08. The van der Waals surface area contributed by atoms with Gasteiger partial charge in [-0.3, -0.25) is 9.59 Å². The molecule has 1 aliphatic rings. The highest BCUT2D eigenvalue weighted by atomic mass is 16.5. The Morgan fingerprint density at radius 1 is 1.22 bits per heavy atom. The Labute approximate surface area is 134 Å². The van der Waals surface area contributed by atoms with Gasteiger partial charge in [0.1, 0.15) is 0 Å². The third-order valence-corrected chi connectivity index (χ3v) is 4.08. The van der Waals surface area contributed by atoms with Crippen LogP contribution >= 0.6 is 0 Å². The van der Waals surface area contributed by atoms with Gasteiger partial charge < -0.3 is 20.4 Å². The van der Waals surface area contributed by atoms with Crippen LogP contribution in [0.1, 0.15) is 18.4 Å². The minimum Gasteiger partial charge on any atom is -0.376 e. The zero-order chi connectivity index (χ0) is 16.1. The van der Waals surface area contributed by atoms with E-state index in [1.54, 1.807) is 0 Å². The van der Waals surface area contributed by atoms with Gasteiger partial charge in [0, 0.05) is 36.8 Å². The van der Waals surface area contributed by atoms with E-state index in [0.717, 1.165) is 35.9 Å². The standard InChI is InChI=1S/C17H21N3O3/c21-16(17(22)20-11-13-4-3-9-23-13)18-8-7-12-10-19-15-6-2-1-5-14(12)15/h1-2,5-6,10,13,19H,3-4,7-9,11H2,(H,18,21)(H,20,22)/t13-/m1/s1. The molecule has 0 spiro atoms. The molecular formula is C17H21N3O3. The molecule has 1 atom stereocenters. The highest BCUT2D eigenvalue weighted by molar-refractivity contribution is 6.35. The van der Waals surface area contributed by atoms with E-state index >= 15 is 0 Å². The zero-order valence-electron chi connectivity index (χ0n) is 12.9. The highest BCUT2D eigenvalue weighted by Crippen LogP contribution is 2.17. The number of fused-ring (bicyclic) bond motifs is 1. The van der Waals surface area contributed by atoms with Crippen LogP contribution in [0.2, 0.25) is 0 Å². The van der Waals surface area contributed by atoms with Crippen molar-refractivity contribution in [2.24, 2.45) is 0 Å². The Kier molecular flexibility index (Phi) is 4.92. The number of carbonyl (C=O) groups excluding carboxylic acids is 2. The molecule has 1 aliphatic heterocycles. The molecule has 1 aromatic carbocycles. The SMILES string of the molecule is O=C(NCCc1c[nH]c2ccccc12)C(=O)NC[C@H]1CCCO1. The van der Waals surface area contributed by atoms with Crippen LogP contribution < -0.4 is 10.6 Å². The van der Waals surface area contributed by atoms with Crippen molar-refractivity contribution in [3.8, 4) is 0 Å². The number of carbonyl (C=O) groups is 2. The molecule has 23 heavy (non-hydrogen) atoms. The summed E-state index contributed by atoms with van der Waals surface area (Å²) in [5.41, 5.74) is 2.20. The smallest absolute Gasteiger partial charge is 0.309 e. The average Bonchev–Trinajstić information content (AvgIpc) is 3.22. The van der Waals surface area contributed by atoms with E-state index in [-0.39, 0.29) is 6.10 Å². The van der Waals surface area contributed by atoms with Gasteiger partial charge in [-0.2, -0.15) is 0 Å². The van der Waals surface area contributed by atoms with E-state index < -0.39 is 11.8 Å². The number of rotatable bonds is 5.